The second-order valence-corrected chi connectivity index (χ2v) is 6.43. The van der Waals surface area contributed by atoms with E-state index in [1.165, 1.54) is 12.8 Å². The third-order valence-corrected chi connectivity index (χ3v) is 4.62. The maximum atomic E-state index is 12.3. The number of carbonyl (C=O) groups is 1. The minimum absolute atomic E-state index is 0.00746. The van der Waals surface area contributed by atoms with Crippen LogP contribution in [-0.2, 0) is 13.0 Å². The second kappa shape index (κ2) is 5.59. The van der Waals surface area contributed by atoms with Crippen LogP contribution in [-0.4, -0.2) is 38.7 Å². The van der Waals surface area contributed by atoms with Gasteiger partial charge in [0.15, 0.2) is 5.76 Å². The molecule has 0 N–H and O–H groups in total. The maximum Gasteiger partial charge on any atom is 0.289 e. The van der Waals surface area contributed by atoms with Crippen molar-refractivity contribution in [3.63, 3.8) is 0 Å². The number of hydrogen-bond donors (Lipinski definition) is 0. The van der Waals surface area contributed by atoms with Gasteiger partial charge in [-0.2, -0.15) is 0 Å². The Morgan fingerprint density at radius 2 is 2.23 bits per heavy atom. The summed E-state index contributed by atoms with van der Waals surface area (Å²) in [6, 6.07) is 3.48. The van der Waals surface area contributed by atoms with Gasteiger partial charge in [0, 0.05) is 26.1 Å². The third-order valence-electron chi connectivity index (χ3n) is 4.62. The molecule has 116 valence electrons. The SMILES string of the molecule is O=C(c1ccco1)N1CCC(Cc2nncn2CC2CC2)C1. The zero-order valence-corrected chi connectivity index (χ0v) is 12.5. The summed E-state index contributed by atoms with van der Waals surface area (Å²) in [5.41, 5.74) is 0. The standard InChI is InChI=1S/C16H20N4O2/c21-16(14-2-1-7-22-14)19-6-5-13(10-19)8-15-18-17-11-20(15)9-12-3-4-12/h1-2,7,11-13H,3-6,8-10H2. The predicted molar refractivity (Wildman–Crippen MR) is 79.2 cm³/mol. The summed E-state index contributed by atoms with van der Waals surface area (Å²) >= 11 is 0. The Kier molecular flexibility index (Phi) is 3.44. The molecule has 1 aliphatic carbocycles. The number of amides is 1. The van der Waals surface area contributed by atoms with Crippen LogP contribution in [0, 0.1) is 11.8 Å². The van der Waals surface area contributed by atoms with Crippen LogP contribution < -0.4 is 0 Å². The van der Waals surface area contributed by atoms with Crippen LogP contribution in [0.2, 0.25) is 0 Å². The first-order valence-electron chi connectivity index (χ1n) is 7.99. The lowest BCUT2D eigenvalue weighted by Gasteiger charge is -2.15. The lowest BCUT2D eigenvalue weighted by atomic mass is 10.0. The fraction of sp³-hybridized carbons (Fsp3) is 0.562. The molecule has 1 aliphatic heterocycles. The van der Waals surface area contributed by atoms with Gasteiger partial charge in [0.1, 0.15) is 12.2 Å². The topological polar surface area (TPSA) is 64.2 Å². The van der Waals surface area contributed by atoms with Crippen molar-refractivity contribution >= 4 is 5.91 Å². The van der Waals surface area contributed by atoms with Gasteiger partial charge in [-0.05, 0) is 43.2 Å². The quantitative estimate of drug-likeness (QED) is 0.847. The Morgan fingerprint density at radius 3 is 3.00 bits per heavy atom. The molecule has 6 nitrogen and oxygen atoms in total. The number of aromatic nitrogens is 3. The number of rotatable bonds is 5. The molecule has 2 aromatic heterocycles. The Morgan fingerprint density at radius 1 is 1.32 bits per heavy atom. The van der Waals surface area contributed by atoms with Gasteiger partial charge in [0.25, 0.3) is 5.91 Å². The highest BCUT2D eigenvalue weighted by atomic mass is 16.3. The summed E-state index contributed by atoms with van der Waals surface area (Å²) in [6.07, 6.45) is 7.95. The zero-order valence-electron chi connectivity index (χ0n) is 12.5. The first kappa shape index (κ1) is 13.5. The van der Waals surface area contributed by atoms with Gasteiger partial charge >= 0.3 is 0 Å². The van der Waals surface area contributed by atoms with Crippen molar-refractivity contribution < 1.29 is 9.21 Å². The number of nitrogens with zero attached hydrogens (tertiary/aromatic N) is 4. The molecule has 0 spiro atoms. The number of furan rings is 1. The fourth-order valence-corrected chi connectivity index (χ4v) is 3.17. The van der Waals surface area contributed by atoms with Crippen molar-refractivity contribution in [2.75, 3.05) is 13.1 Å². The summed E-state index contributed by atoms with van der Waals surface area (Å²) in [6.45, 7) is 2.61. The van der Waals surface area contributed by atoms with Crippen LogP contribution in [0.5, 0.6) is 0 Å². The Hall–Kier alpha value is -2.11. The maximum absolute atomic E-state index is 12.3. The third kappa shape index (κ3) is 2.77. The molecular weight excluding hydrogens is 280 g/mol. The molecule has 1 atom stereocenters. The lowest BCUT2D eigenvalue weighted by Crippen LogP contribution is -2.28. The van der Waals surface area contributed by atoms with Crippen molar-refractivity contribution in [2.45, 2.75) is 32.2 Å². The minimum atomic E-state index is -0.00746. The van der Waals surface area contributed by atoms with Gasteiger partial charge < -0.3 is 13.9 Å². The van der Waals surface area contributed by atoms with Crippen LogP contribution in [0.25, 0.3) is 0 Å². The smallest absolute Gasteiger partial charge is 0.289 e. The molecule has 4 rings (SSSR count). The molecule has 2 aliphatic rings. The molecule has 0 radical (unpaired) electrons. The minimum Gasteiger partial charge on any atom is -0.459 e. The van der Waals surface area contributed by atoms with Gasteiger partial charge in [0.2, 0.25) is 0 Å². The largest absolute Gasteiger partial charge is 0.459 e. The van der Waals surface area contributed by atoms with Crippen molar-refractivity contribution in [2.24, 2.45) is 11.8 Å². The lowest BCUT2D eigenvalue weighted by molar-refractivity contribution is 0.0755. The van der Waals surface area contributed by atoms with E-state index in [0.717, 1.165) is 44.2 Å². The molecule has 1 unspecified atom stereocenters. The summed E-state index contributed by atoms with van der Waals surface area (Å²) in [4.78, 5) is 14.2. The van der Waals surface area contributed by atoms with Crippen molar-refractivity contribution in [3.8, 4) is 0 Å². The van der Waals surface area contributed by atoms with E-state index < -0.39 is 0 Å². The highest BCUT2D eigenvalue weighted by Crippen LogP contribution is 2.31. The molecule has 1 saturated carbocycles. The normalized spacial score (nSPS) is 21.5. The molecule has 1 saturated heterocycles. The second-order valence-electron chi connectivity index (χ2n) is 6.43. The Balaban J connectivity index is 1.37. The Labute approximate surface area is 129 Å². The number of likely N-dealkylation sites (tertiary alicyclic amines) is 1. The van der Waals surface area contributed by atoms with Gasteiger partial charge in [-0.15, -0.1) is 10.2 Å². The van der Waals surface area contributed by atoms with E-state index in [1.54, 1.807) is 18.4 Å². The summed E-state index contributed by atoms with van der Waals surface area (Å²) < 4.78 is 7.39. The van der Waals surface area contributed by atoms with E-state index in [1.807, 2.05) is 11.2 Å². The van der Waals surface area contributed by atoms with Crippen molar-refractivity contribution in [1.82, 2.24) is 19.7 Å². The summed E-state index contributed by atoms with van der Waals surface area (Å²) in [7, 11) is 0. The van der Waals surface area contributed by atoms with Crippen LogP contribution >= 0.6 is 0 Å². The average Bonchev–Trinajstić information content (AvgIpc) is 2.98. The van der Waals surface area contributed by atoms with Crippen LogP contribution in [0.1, 0.15) is 35.6 Å². The van der Waals surface area contributed by atoms with Crippen LogP contribution in [0.3, 0.4) is 0 Å². The van der Waals surface area contributed by atoms with Crippen LogP contribution in [0.4, 0.5) is 0 Å². The Bertz CT molecular complexity index is 645. The molecule has 6 heteroatoms. The predicted octanol–water partition coefficient (Wildman–Crippen LogP) is 1.99. The number of hydrogen-bond acceptors (Lipinski definition) is 4. The van der Waals surface area contributed by atoms with E-state index in [2.05, 4.69) is 14.8 Å². The van der Waals surface area contributed by atoms with Crippen molar-refractivity contribution in [3.05, 3.63) is 36.3 Å². The van der Waals surface area contributed by atoms with E-state index >= 15 is 0 Å². The molecule has 1 amide bonds. The van der Waals surface area contributed by atoms with E-state index in [0.29, 0.717) is 11.7 Å². The first-order chi connectivity index (χ1) is 10.8. The van der Waals surface area contributed by atoms with Gasteiger partial charge in [-0.1, -0.05) is 0 Å². The molecule has 22 heavy (non-hydrogen) atoms. The average molecular weight is 300 g/mol. The molecule has 2 fully saturated rings. The highest BCUT2D eigenvalue weighted by Gasteiger charge is 2.30. The van der Waals surface area contributed by atoms with Crippen LogP contribution in [0.15, 0.2) is 29.1 Å². The van der Waals surface area contributed by atoms with Gasteiger partial charge in [-0.25, -0.2) is 0 Å². The van der Waals surface area contributed by atoms with Gasteiger partial charge in [-0.3, -0.25) is 4.79 Å². The monoisotopic (exact) mass is 300 g/mol. The van der Waals surface area contributed by atoms with Crippen molar-refractivity contribution in [1.29, 1.82) is 0 Å². The highest BCUT2D eigenvalue weighted by molar-refractivity contribution is 5.91. The molecule has 0 bridgehead atoms. The van der Waals surface area contributed by atoms with E-state index in [4.69, 9.17) is 4.42 Å². The molecule has 2 aromatic rings. The van der Waals surface area contributed by atoms with E-state index in [-0.39, 0.29) is 5.91 Å². The summed E-state index contributed by atoms with van der Waals surface area (Å²) in [5.74, 6) is 2.75. The zero-order chi connectivity index (χ0) is 14.9. The summed E-state index contributed by atoms with van der Waals surface area (Å²) in [5, 5.41) is 8.33. The molecular formula is C16H20N4O2. The van der Waals surface area contributed by atoms with E-state index in [9.17, 15) is 4.79 Å². The fourth-order valence-electron chi connectivity index (χ4n) is 3.17. The molecule has 0 aromatic carbocycles. The molecule has 3 heterocycles. The first-order valence-corrected chi connectivity index (χ1v) is 7.99. The van der Waals surface area contributed by atoms with Gasteiger partial charge in [0.05, 0.1) is 6.26 Å². The number of carbonyl (C=O) groups excluding carboxylic acids is 1.